The molecule has 0 spiro atoms. The molecule has 1 aromatic rings. The number of carbonyl (C=O) groups excluding carboxylic acids is 1. The Kier molecular flexibility index (Phi) is 5.86. The number of nitrogens with one attached hydrogen (secondary N) is 1. The highest BCUT2D eigenvalue weighted by Crippen LogP contribution is 2.15. The number of carbonyl (C=O) groups is 1. The molecule has 1 amide bonds. The van der Waals surface area contributed by atoms with Gasteiger partial charge in [0.2, 0.25) is 5.91 Å². The molecule has 4 heteroatoms. The fourth-order valence-corrected chi connectivity index (χ4v) is 3.12. The number of hydrogen-bond acceptors (Lipinski definition) is 3. The van der Waals surface area contributed by atoms with Gasteiger partial charge in [-0.3, -0.25) is 4.79 Å². The lowest BCUT2D eigenvalue weighted by Gasteiger charge is -2.30. The summed E-state index contributed by atoms with van der Waals surface area (Å²) < 4.78 is 0. The van der Waals surface area contributed by atoms with Crippen LogP contribution in [0.15, 0.2) is 16.8 Å². The van der Waals surface area contributed by atoms with Crippen molar-refractivity contribution in [2.24, 2.45) is 5.92 Å². The monoisotopic (exact) mass is 280 g/mol. The maximum Gasteiger partial charge on any atom is 0.220 e. The van der Waals surface area contributed by atoms with Crippen LogP contribution in [-0.4, -0.2) is 37.0 Å². The number of nitrogens with zero attached hydrogens (tertiary/aromatic N) is 1. The van der Waals surface area contributed by atoms with Gasteiger partial charge < -0.3 is 10.2 Å². The molecule has 1 aliphatic heterocycles. The van der Waals surface area contributed by atoms with Crippen LogP contribution in [0, 0.1) is 5.92 Å². The van der Waals surface area contributed by atoms with Gasteiger partial charge >= 0.3 is 0 Å². The van der Waals surface area contributed by atoms with Crippen LogP contribution >= 0.6 is 11.3 Å². The lowest BCUT2D eigenvalue weighted by Crippen LogP contribution is -2.39. The van der Waals surface area contributed by atoms with E-state index in [1.54, 1.807) is 11.3 Å². The second-order valence-electron chi connectivity index (χ2n) is 5.51. The van der Waals surface area contributed by atoms with Crippen molar-refractivity contribution >= 4 is 17.2 Å². The molecule has 2 heterocycles. The van der Waals surface area contributed by atoms with Gasteiger partial charge in [0.15, 0.2) is 0 Å². The second-order valence-corrected chi connectivity index (χ2v) is 6.29. The third kappa shape index (κ3) is 5.33. The first-order valence-electron chi connectivity index (χ1n) is 7.24. The summed E-state index contributed by atoms with van der Waals surface area (Å²) in [6.45, 7) is 6.48. The number of hydrogen-bond donors (Lipinski definition) is 1. The second kappa shape index (κ2) is 7.65. The minimum atomic E-state index is 0.177. The Morgan fingerprint density at radius 1 is 1.47 bits per heavy atom. The Morgan fingerprint density at radius 3 is 2.95 bits per heavy atom. The minimum Gasteiger partial charge on any atom is -0.355 e. The average molecular weight is 280 g/mol. The van der Waals surface area contributed by atoms with E-state index in [9.17, 15) is 4.79 Å². The predicted octanol–water partition coefficient (Wildman–Crippen LogP) is 2.53. The average Bonchev–Trinajstić information content (AvgIpc) is 2.92. The van der Waals surface area contributed by atoms with E-state index in [4.69, 9.17) is 0 Å². The van der Waals surface area contributed by atoms with Gasteiger partial charge in [0, 0.05) is 19.5 Å². The molecule has 19 heavy (non-hydrogen) atoms. The summed E-state index contributed by atoms with van der Waals surface area (Å²) in [5.41, 5.74) is 1.27. The zero-order valence-corrected chi connectivity index (χ0v) is 12.5. The summed E-state index contributed by atoms with van der Waals surface area (Å²) in [7, 11) is 0. The molecule has 0 aromatic carbocycles. The smallest absolute Gasteiger partial charge is 0.220 e. The Morgan fingerprint density at radius 2 is 2.26 bits per heavy atom. The molecule has 0 atom stereocenters. The highest BCUT2D eigenvalue weighted by molar-refractivity contribution is 7.07. The largest absolute Gasteiger partial charge is 0.355 e. The zero-order chi connectivity index (χ0) is 13.5. The van der Waals surface area contributed by atoms with Crippen LogP contribution in [0.4, 0.5) is 0 Å². The topological polar surface area (TPSA) is 32.3 Å². The van der Waals surface area contributed by atoms with Crippen LogP contribution < -0.4 is 5.32 Å². The maximum absolute atomic E-state index is 11.7. The van der Waals surface area contributed by atoms with Gasteiger partial charge in [-0.05, 0) is 60.7 Å². The molecule has 1 fully saturated rings. The molecule has 1 N–H and O–H groups in total. The maximum atomic E-state index is 11.7. The van der Waals surface area contributed by atoms with E-state index >= 15 is 0 Å². The zero-order valence-electron chi connectivity index (χ0n) is 11.7. The number of amides is 1. The summed E-state index contributed by atoms with van der Waals surface area (Å²) in [6.07, 6.45) is 4.06. The first-order chi connectivity index (χ1) is 9.24. The van der Waals surface area contributed by atoms with E-state index < -0.39 is 0 Å². The van der Waals surface area contributed by atoms with E-state index in [2.05, 4.69) is 34.0 Å². The van der Waals surface area contributed by atoms with E-state index in [0.29, 0.717) is 6.42 Å². The Balaban J connectivity index is 1.54. The molecule has 1 aliphatic rings. The van der Waals surface area contributed by atoms with Gasteiger partial charge in [0.1, 0.15) is 0 Å². The number of thiophene rings is 1. The molecular weight excluding hydrogens is 256 g/mol. The normalized spacial score (nSPS) is 17.5. The van der Waals surface area contributed by atoms with Crippen molar-refractivity contribution in [1.29, 1.82) is 0 Å². The van der Waals surface area contributed by atoms with Gasteiger partial charge in [-0.1, -0.05) is 6.92 Å². The van der Waals surface area contributed by atoms with Crippen molar-refractivity contribution in [2.45, 2.75) is 32.6 Å². The molecule has 2 rings (SSSR count). The predicted molar refractivity (Wildman–Crippen MR) is 80.5 cm³/mol. The van der Waals surface area contributed by atoms with Gasteiger partial charge in [-0.15, -0.1) is 0 Å². The van der Waals surface area contributed by atoms with Crippen LogP contribution in [0.2, 0.25) is 0 Å². The minimum absolute atomic E-state index is 0.177. The van der Waals surface area contributed by atoms with E-state index in [-0.39, 0.29) is 5.91 Å². The molecule has 3 nitrogen and oxygen atoms in total. The summed E-state index contributed by atoms with van der Waals surface area (Å²) in [5.74, 6) is 1.05. The quantitative estimate of drug-likeness (QED) is 0.868. The highest BCUT2D eigenvalue weighted by Gasteiger charge is 2.15. The van der Waals surface area contributed by atoms with Gasteiger partial charge in [0.05, 0.1) is 0 Å². The number of piperidine rings is 1. The number of aryl methyl sites for hydroxylation is 1. The molecule has 0 saturated carbocycles. The van der Waals surface area contributed by atoms with Gasteiger partial charge in [-0.2, -0.15) is 11.3 Å². The molecule has 0 unspecified atom stereocenters. The first kappa shape index (κ1) is 14.5. The van der Waals surface area contributed by atoms with Crippen LogP contribution in [0.1, 0.15) is 31.7 Å². The molecule has 1 aromatic heterocycles. The first-order valence-corrected chi connectivity index (χ1v) is 8.18. The fourth-order valence-electron chi connectivity index (χ4n) is 2.42. The lowest BCUT2D eigenvalue weighted by molar-refractivity contribution is -0.121. The number of rotatable bonds is 6. The summed E-state index contributed by atoms with van der Waals surface area (Å²) in [6, 6.07) is 2.09. The third-order valence-corrected chi connectivity index (χ3v) is 4.58. The van der Waals surface area contributed by atoms with Crippen LogP contribution in [0.3, 0.4) is 0 Å². The molecule has 0 aliphatic carbocycles. The van der Waals surface area contributed by atoms with Crippen LogP contribution in [0.5, 0.6) is 0 Å². The summed E-state index contributed by atoms with van der Waals surface area (Å²) >= 11 is 1.69. The van der Waals surface area contributed by atoms with Crippen molar-refractivity contribution in [2.75, 3.05) is 26.2 Å². The Labute approximate surface area is 120 Å². The standard InChI is InChI=1S/C15H24N2OS/c1-13-4-8-17(9-5-13)10-7-16-15(18)3-2-14-6-11-19-12-14/h6,11-13H,2-5,7-10H2,1H3,(H,16,18). The third-order valence-electron chi connectivity index (χ3n) is 3.85. The van der Waals surface area contributed by atoms with Crippen LogP contribution in [0.25, 0.3) is 0 Å². The van der Waals surface area contributed by atoms with E-state index in [0.717, 1.165) is 25.4 Å². The summed E-state index contributed by atoms with van der Waals surface area (Å²) in [5, 5.41) is 7.20. The Hall–Kier alpha value is -0.870. The lowest BCUT2D eigenvalue weighted by atomic mass is 9.99. The van der Waals surface area contributed by atoms with Gasteiger partial charge in [0.25, 0.3) is 0 Å². The summed E-state index contributed by atoms with van der Waals surface area (Å²) in [4.78, 5) is 14.2. The Bertz CT molecular complexity index is 370. The van der Waals surface area contributed by atoms with Crippen molar-refractivity contribution in [3.8, 4) is 0 Å². The molecule has 106 valence electrons. The van der Waals surface area contributed by atoms with Crippen molar-refractivity contribution in [3.05, 3.63) is 22.4 Å². The van der Waals surface area contributed by atoms with E-state index in [1.807, 2.05) is 0 Å². The van der Waals surface area contributed by atoms with Gasteiger partial charge in [-0.25, -0.2) is 0 Å². The molecule has 0 radical (unpaired) electrons. The van der Waals surface area contributed by atoms with Crippen molar-refractivity contribution in [1.82, 2.24) is 10.2 Å². The van der Waals surface area contributed by atoms with Crippen LogP contribution in [-0.2, 0) is 11.2 Å². The highest BCUT2D eigenvalue weighted by atomic mass is 32.1. The SMILES string of the molecule is CC1CCN(CCNC(=O)CCc2ccsc2)CC1. The fraction of sp³-hybridized carbons (Fsp3) is 0.667. The molecule has 1 saturated heterocycles. The number of likely N-dealkylation sites (tertiary alicyclic amines) is 1. The molecular formula is C15H24N2OS. The van der Waals surface area contributed by atoms with Crippen molar-refractivity contribution < 1.29 is 4.79 Å². The van der Waals surface area contributed by atoms with Crippen molar-refractivity contribution in [3.63, 3.8) is 0 Å². The molecule has 0 bridgehead atoms. The van der Waals surface area contributed by atoms with E-state index in [1.165, 1.54) is 31.5 Å².